The van der Waals surface area contributed by atoms with Gasteiger partial charge in [-0.2, -0.15) is 0 Å². The molecule has 2 atom stereocenters. The lowest BCUT2D eigenvalue weighted by molar-refractivity contribution is 0.0476. The van der Waals surface area contributed by atoms with E-state index in [9.17, 15) is 8.78 Å². The lowest BCUT2D eigenvalue weighted by Gasteiger charge is -2.25. The van der Waals surface area contributed by atoms with Crippen LogP contribution in [-0.2, 0) is 11.2 Å². The van der Waals surface area contributed by atoms with Gasteiger partial charge in [0.25, 0.3) is 0 Å². The maximum atomic E-state index is 14.0. The SMILES string of the molecule is CCNC(Cc1c(F)ccc(Br)c1F)C(C)OCC. The van der Waals surface area contributed by atoms with Gasteiger partial charge in [0.15, 0.2) is 0 Å². The number of nitrogens with one attached hydrogen (secondary N) is 1. The first-order valence-corrected chi connectivity index (χ1v) is 7.27. The monoisotopic (exact) mass is 335 g/mol. The van der Waals surface area contributed by atoms with Crippen LogP contribution in [0, 0.1) is 11.6 Å². The summed E-state index contributed by atoms with van der Waals surface area (Å²) in [4.78, 5) is 0. The van der Waals surface area contributed by atoms with Gasteiger partial charge in [-0.05, 0) is 54.9 Å². The highest BCUT2D eigenvalue weighted by atomic mass is 79.9. The number of ether oxygens (including phenoxy) is 1. The van der Waals surface area contributed by atoms with E-state index in [2.05, 4.69) is 21.2 Å². The van der Waals surface area contributed by atoms with Crippen molar-refractivity contribution in [3.63, 3.8) is 0 Å². The number of hydrogen-bond acceptors (Lipinski definition) is 2. The fourth-order valence-electron chi connectivity index (χ4n) is 2.02. The van der Waals surface area contributed by atoms with Gasteiger partial charge in [0.05, 0.1) is 10.6 Å². The van der Waals surface area contributed by atoms with Crippen LogP contribution in [0.5, 0.6) is 0 Å². The Labute approximate surface area is 121 Å². The zero-order valence-corrected chi connectivity index (χ0v) is 13.1. The van der Waals surface area contributed by atoms with E-state index in [0.29, 0.717) is 6.61 Å². The van der Waals surface area contributed by atoms with Crippen molar-refractivity contribution in [1.82, 2.24) is 5.32 Å². The van der Waals surface area contributed by atoms with Crippen molar-refractivity contribution in [3.8, 4) is 0 Å². The third-order valence-electron chi connectivity index (χ3n) is 3.03. The molecule has 1 N–H and O–H groups in total. The van der Waals surface area contributed by atoms with E-state index in [-0.39, 0.29) is 28.6 Å². The fourth-order valence-corrected chi connectivity index (χ4v) is 2.39. The summed E-state index contributed by atoms with van der Waals surface area (Å²) in [5.41, 5.74) is 0.0897. The standard InChI is InChI=1S/C14H20BrF2NO/c1-4-18-13(9(3)19-5-2)8-10-12(16)7-6-11(15)14(10)17/h6-7,9,13,18H,4-5,8H2,1-3H3. The normalized spacial score (nSPS) is 14.4. The number of benzene rings is 1. The molecule has 0 spiro atoms. The van der Waals surface area contributed by atoms with E-state index in [4.69, 9.17) is 4.74 Å². The predicted octanol–water partition coefficient (Wildman–Crippen LogP) is 3.67. The Hall–Kier alpha value is -0.520. The minimum Gasteiger partial charge on any atom is -0.377 e. The Bertz CT molecular complexity index is 415. The van der Waals surface area contributed by atoms with Gasteiger partial charge in [-0.25, -0.2) is 8.78 Å². The maximum absolute atomic E-state index is 14.0. The van der Waals surface area contributed by atoms with Gasteiger partial charge in [-0.1, -0.05) is 6.92 Å². The maximum Gasteiger partial charge on any atom is 0.143 e. The van der Waals surface area contributed by atoms with Gasteiger partial charge in [-0.3, -0.25) is 0 Å². The van der Waals surface area contributed by atoms with Crippen LogP contribution < -0.4 is 5.32 Å². The Morgan fingerprint density at radius 2 is 2.00 bits per heavy atom. The Balaban J connectivity index is 2.93. The smallest absolute Gasteiger partial charge is 0.143 e. The molecule has 0 heterocycles. The molecule has 0 amide bonds. The summed E-state index contributed by atoms with van der Waals surface area (Å²) in [7, 11) is 0. The van der Waals surface area contributed by atoms with E-state index in [1.165, 1.54) is 12.1 Å². The molecular weight excluding hydrogens is 316 g/mol. The average molecular weight is 336 g/mol. The third-order valence-corrected chi connectivity index (χ3v) is 3.64. The third kappa shape index (κ3) is 4.51. The van der Waals surface area contributed by atoms with E-state index < -0.39 is 11.6 Å². The number of hydrogen-bond donors (Lipinski definition) is 1. The summed E-state index contributed by atoms with van der Waals surface area (Å²) in [6, 6.07) is 2.53. The van der Waals surface area contributed by atoms with Crippen LogP contribution in [0.1, 0.15) is 26.3 Å². The molecule has 2 nitrogen and oxygen atoms in total. The number of halogens is 3. The molecule has 0 radical (unpaired) electrons. The second kappa shape index (κ2) is 7.92. The molecule has 0 aromatic heterocycles. The molecule has 0 aliphatic carbocycles. The van der Waals surface area contributed by atoms with Crippen LogP contribution in [0.3, 0.4) is 0 Å². The highest BCUT2D eigenvalue weighted by Gasteiger charge is 2.22. The first-order chi connectivity index (χ1) is 9.01. The topological polar surface area (TPSA) is 21.3 Å². The van der Waals surface area contributed by atoms with Crippen LogP contribution in [0.2, 0.25) is 0 Å². The summed E-state index contributed by atoms with van der Waals surface area (Å²) < 4.78 is 33.5. The predicted molar refractivity (Wildman–Crippen MR) is 76.3 cm³/mol. The second-order valence-corrected chi connectivity index (χ2v) is 5.20. The molecule has 0 saturated heterocycles. The molecule has 1 rings (SSSR count). The summed E-state index contributed by atoms with van der Waals surface area (Å²) in [6.45, 7) is 7.07. The summed E-state index contributed by atoms with van der Waals surface area (Å²) in [5, 5.41) is 3.22. The average Bonchev–Trinajstić information content (AvgIpc) is 2.38. The Kier molecular flexibility index (Phi) is 6.89. The second-order valence-electron chi connectivity index (χ2n) is 4.35. The molecule has 0 aliphatic heterocycles. The molecule has 1 aromatic carbocycles. The zero-order chi connectivity index (χ0) is 14.4. The first-order valence-electron chi connectivity index (χ1n) is 6.48. The van der Waals surface area contributed by atoms with Gasteiger partial charge in [0.1, 0.15) is 11.6 Å². The van der Waals surface area contributed by atoms with Crippen LogP contribution >= 0.6 is 15.9 Å². The summed E-state index contributed by atoms with van der Waals surface area (Å²) in [6.07, 6.45) is 0.147. The van der Waals surface area contributed by atoms with Crippen molar-refractivity contribution in [3.05, 3.63) is 33.8 Å². The molecule has 108 valence electrons. The Morgan fingerprint density at radius 3 is 2.58 bits per heavy atom. The van der Waals surface area contributed by atoms with E-state index >= 15 is 0 Å². The lowest BCUT2D eigenvalue weighted by atomic mass is 10.0. The van der Waals surface area contributed by atoms with Crippen LogP contribution in [0.15, 0.2) is 16.6 Å². The van der Waals surface area contributed by atoms with Crippen LogP contribution in [0.25, 0.3) is 0 Å². The Morgan fingerprint density at radius 1 is 1.32 bits per heavy atom. The van der Waals surface area contributed by atoms with E-state index in [0.717, 1.165) is 6.54 Å². The number of likely N-dealkylation sites (N-methyl/N-ethyl adjacent to an activating group) is 1. The van der Waals surface area contributed by atoms with Crippen molar-refractivity contribution in [2.24, 2.45) is 0 Å². The van der Waals surface area contributed by atoms with Crippen LogP contribution in [-0.4, -0.2) is 25.3 Å². The van der Waals surface area contributed by atoms with E-state index in [1.807, 2.05) is 20.8 Å². The van der Waals surface area contributed by atoms with Crippen molar-refractivity contribution < 1.29 is 13.5 Å². The molecule has 2 unspecified atom stereocenters. The van der Waals surface area contributed by atoms with Crippen molar-refractivity contribution >= 4 is 15.9 Å². The molecule has 0 fully saturated rings. The van der Waals surface area contributed by atoms with Crippen LogP contribution in [0.4, 0.5) is 8.78 Å². The molecule has 19 heavy (non-hydrogen) atoms. The molecule has 0 aliphatic rings. The van der Waals surface area contributed by atoms with Crippen molar-refractivity contribution in [2.45, 2.75) is 39.3 Å². The van der Waals surface area contributed by atoms with Gasteiger partial charge < -0.3 is 10.1 Å². The minimum absolute atomic E-state index is 0.0897. The zero-order valence-electron chi connectivity index (χ0n) is 11.5. The largest absolute Gasteiger partial charge is 0.377 e. The fraction of sp³-hybridized carbons (Fsp3) is 0.571. The van der Waals surface area contributed by atoms with Crippen molar-refractivity contribution in [1.29, 1.82) is 0 Å². The highest BCUT2D eigenvalue weighted by molar-refractivity contribution is 9.10. The summed E-state index contributed by atoms with van der Waals surface area (Å²) in [5.74, 6) is -1.06. The summed E-state index contributed by atoms with van der Waals surface area (Å²) >= 11 is 3.08. The van der Waals surface area contributed by atoms with Gasteiger partial charge >= 0.3 is 0 Å². The molecule has 5 heteroatoms. The van der Waals surface area contributed by atoms with Gasteiger partial charge in [-0.15, -0.1) is 0 Å². The quantitative estimate of drug-likeness (QED) is 0.767. The minimum atomic E-state index is -0.536. The molecule has 1 aromatic rings. The lowest BCUT2D eigenvalue weighted by Crippen LogP contribution is -2.41. The molecular formula is C14H20BrF2NO. The first kappa shape index (κ1) is 16.5. The highest BCUT2D eigenvalue weighted by Crippen LogP contribution is 2.23. The van der Waals surface area contributed by atoms with E-state index in [1.54, 1.807) is 0 Å². The molecule has 0 bridgehead atoms. The molecule has 0 saturated carbocycles. The van der Waals surface area contributed by atoms with Gasteiger partial charge in [0.2, 0.25) is 0 Å². The van der Waals surface area contributed by atoms with Crippen molar-refractivity contribution in [2.75, 3.05) is 13.2 Å². The van der Waals surface area contributed by atoms with Gasteiger partial charge in [0, 0.05) is 18.2 Å². The number of rotatable bonds is 7.